The number of alkyl halides is 3. The topological polar surface area (TPSA) is 46.3 Å². The maximum atomic E-state index is 12.4. The molecule has 0 fully saturated rings. The quantitative estimate of drug-likeness (QED) is 0.726. The fourth-order valence-electron chi connectivity index (χ4n) is 2.28. The fourth-order valence-corrected chi connectivity index (χ4v) is 2.28. The van der Waals surface area contributed by atoms with Crippen LogP contribution < -0.4 is 5.73 Å². The first kappa shape index (κ1) is 12.7. The van der Waals surface area contributed by atoms with Crippen molar-refractivity contribution in [2.45, 2.75) is 25.6 Å². The largest absolute Gasteiger partial charge is 0.471 e. The molecule has 0 unspecified atom stereocenters. The van der Waals surface area contributed by atoms with Crippen LogP contribution in [-0.2, 0) is 11.3 Å². The number of hydrogen-bond acceptors (Lipinski definition) is 2. The number of hydrogen-bond donors (Lipinski definition) is 1. The van der Waals surface area contributed by atoms with Crippen LogP contribution in [0.1, 0.15) is 24.0 Å². The molecule has 0 aliphatic carbocycles. The summed E-state index contributed by atoms with van der Waals surface area (Å²) in [5.41, 5.74) is 7.74. The summed E-state index contributed by atoms with van der Waals surface area (Å²) in [6.45, 7) is 1.84. The molecule has 98 valence electrons. The molecule has 1 amide bonds. The molecule has 1 aliphatic heterocycles. The zero-order valence-electron chi connectivity index (χ0n) is 9.79. The number of benzene rings is 1. The number of amides is 1. The summed E-state index contributed by atoms with van der Waals surface area (Å²) in [5, 5.41) is 0. The van der Waals surface area contributed by atoms with Gasteiger partial charge in [0.25, 0.3) is 0 Å². The lowest BCUT2D eigenvalue weighted by atomic mass is 9.90. The second-order valence-electron chi connectivity index (χ2n) is 4.54. The molecule has 6 heteroatoms. The Morgan fingerprint density at radius 1 is 1.44 bits per heavy atom. The molecule has 0 aromatic heterocycles. The average molecular weight is 258 g/mol. The van der Waals surface area contributed by atoms with E-state index in [1.54, 1.807) is 19.1 Å². The van der Waals surface area contributed by atoms with Crippen LogP contribution in [0.5, 0.6) is 0 Å². The van der Waals surface area contributed by atoms with Crippen molar-refractivity contribution in [1.82, 2.24) is 4.90 Å². The Morgan fingerprint density at radius 3 is 2.72 bits per heavy atom. The summed E-state index contributed by atoms with van der Waals surface area (Å²) in [7, 11) is 0. The van der Waals surface area contributed by atoms with E-state index in [0.717, 1.165) is 10.5 Å². The predicted molar refractivity (Wildman–Crippen MR) is 60.7 cm³/mol. The van der Waals surface area contributed by atoms with E-state index in [-0.39, 0.29) is 19.0 Å². The minimum absolute atomic E-state index is 0.0386. The number of carbonyl (C=O) groups excluding carboxylic acids is 1. The number of nitrogens with two attached hydrogens (primary N) is 1. The molecule has 0 saturated carbocycles. The van der Waals surface area contributed by atoms with Gasteiger partial charge in [-0.1, -0.05) is 13.0 Å². The van der Waals surface area contributed by atoms with Crippen LogP contribution in [0.3, 0.4) is 0 Å². The molecule has 1 heterocycles. The maximum absolute atomic E-state index is 12.4. The van der Waals surface area contributed by atoms with Crippen molar-refractivity contribution in [3.05, 3.63) is 29.3 Å². The number of anilines is 1. The first-order chi connectivity index (χ1) is 8.29. The number of nitrogens with zero attached hydrogens (tertiary/aromatic N) is 1. The Bertz CT molecular complexity index is 485. The van der Waals surface area contributed by atoms with Gasteiger partial charge in [0.1, 0.15) is 0 Å². The minimum Gasteiger partial charge on any atom is -0.399 e. The van der Waals surface area contributed by atoms with Gasteiger partial charge in [0.15, 0.2) is 0 Å². The molecule has 0 bridgehead atoms. The molecule has 0 spiro atoms. The van der Waals surface area contributed by atoms with Gasteiger partial charge < -0.3 is 10.6 Å². The van der Waals surface area contributed by atoms with E-state index < -0.39 is 12.1 Å². The Hall–Kier alpha value is -1.72. The summed E-state index contributed by atoms with van der Waals surface area (Å²) < 4.78 is 37.2. The lowest BCUT2D eigenvalue weighted by Gasteiger charge is -2.33. The third-order valence-electron chi connectivity index (χ3n) is 3.08. The summed E-state index contributed by atoms with van der Waals surface area (Å²) in [6, 6.07) is 5.16. The summed E-state index contributed by atoms with van der Waals surface area (Å²) in [6.07, 6.45) is -4.82. The molecule has 2 N–H and O–H groups in total. The van der Waals surface area contributed by atoms with Gasteiger partial charge in [-0.25, -0.2) is 0 Å². The van der Waals surface area contributed by atoms with E-state index >= 15 is 0 Å². The van der Waals surface area contributed by atoms with Crippen LogP contribution in [0.25, 0.3) is 0 Å². The molecular formula is C12H13F3N2O. The van der Waals surface area contributed by atoms with Gasteiger partial charge in [-0.05, 0) is 29.2 Å². The summed E-state index contributed by atoms with van der Waals surface area (Å²) in [5.74, 6) is -1.91. The van der Waals surface area contributed by atoms with Crippen molar-refractivity contribution in [2.24, 2.45) is 0 Å². The van der Waals surface area contributed by atoms with Crippen molar-refractivity contribution < 1.29 is 18.0 Å². The third-order valence-corrected chi connectivity index (χ3v) is 3.08. The molecule has 1 aromatic carbocycles. The van der Waals surface area contributed by atoms with Crippen molar-refractivity contribution in [2.75, 3.05) is 12.3 Å². The lowest BCUT2D eigenvalue weighted by molar-refractivity contribution is -0.186. The molecule has 0 saturated heterocycles. The molecule has 1 aromatic rings. The number of fused-ring (bicyclic) bond motifs is 1. The summed E-state index contributed by atoms with van der Waals surface area (Å²) >= 11 is 0. The molecule has 2 rings (SSSR count). The van der Waals surface area contributed by atoms with Crippen molar-refractivity contribution in [3.63, 3.8) is 0 Å². The normalized spacial score (nSPS) is 19.6. The van der Waals surface area contributed by atoms with Gasteiger partial charge in [-0.15, -0.1) is 0 Å². The first-order valence-electron chi connectivity index (χ1n) is 5.53. The number of carbonyl (C=O) groups is 1. The molecule has 0 radical (unpaired) electrons. The van der Waals surface area contributed by atoms with Crippen LogP contribution in [0.15, 0.2) is 18.2 Å². The van der Waals surface area contributed by atoms with E-state index in [9.17, 15) is 18.0 Å². The Morgan fingerprint density at radius 2 is 2.11 bits per heavy atom. The van der Waals surface area contributed by atoms with Crippen LogP contribution in [0.4, 0.5) is 18.9 Å². The second kappa shape index (κ2) is 4.19. The Kier molecular flexibility index (Phi) is 2.96. The average Bonchev–Trinajstić information content (AvgIpc) is 2.25. The lowest BCUT2D eigenvalue weighted by Crippen LogP contribution is -2.44. The zero-order valence-corrected chi connectivity index (χ0v) is 9.79. The van der Waals surface area contributed by atoms with Gasteiger partial charge in [0.05, 0.1) is 0 Å². The zero-order chi connectivity index (χ0) is 13.5. The molecular weight excluding hydrogens is 245 g/mol. The fraction of sp³-hybridized carbons (Fsp3) is 0.417. The van der Waals surface area contributed by atoms with E-state index in [0.29, 0.717) is 11.3 Å². The van der Waals surface area contributed by atoms with E-state index in [1.807, 2.05) is 6.07 Å². The van der Waals surface area contributed by atoms with Crippen LogP contribution in [0.2, 0.25) is 0 Å². The maximum Gasteiger partial charge on any atom is 0.471 e. The monoisotopic (exact) mass is 258 g/mol. The molecule has 1 atom stereocenters. The Labute approximate surface area is 102 Å². The predicted octanol–water partition coefficient (Wildman–Crippen LogP) is 2.28. The van der Waals surface area contributed by atoms with Crippen LogP contribution in [0, 0.1) is 0 Å². The highest BCUT2D eigenvalue weighted by Gasteiger charge is 2.43. The van der Waals surface area contributed by atoms with Crippen molar-refractivity contribution in [1.29, 1.82) is 0 Å². The highest BCUT2D eigenvalue weighted by Crippen LogP contribution is 2.31. The van der Waals surface area contributed by atoms with Gasteiger partial charge >= 0.3 is 12.1 Å². The van der Waals surface area contributed by atoms with Crippen LogP contribution >= 0.6 is 0 Å². The highest BCUT2D eigenvalue weighted by atomic mass is 19.4. The Balaban J connectivity index is 2.30. The SMILES string of the molecule is C[C@H]1CN(C(=O)C(F)(F)F)Cc2cc(N)ccc21. The van der Waals surface area contributed by atoms with Gasteiger partial charge in [-0.3, -0.25) is 4.79 Å². The van der Waals surface area contributed by atoms with E-state index in [2.05, 4.69) is 0 Å². The standard InChI is InChI=1S/C12H13F3N2O/c1-7-5-17(11(18)12(13,14)15)6-8-4-9(16)2-3-10(7)8/h2-4,7H,5-6,16H2,1H3/t7-/m0/s1. The summed E-state index contributed by atoms with van der Waals surface area (Å²) in [4.78, 5) is 12.1. The van der Waals surface area contributed by atoms with E-state index in [1.165, 1.54) is 0 Å². The third kappa shape index (κ3) is 2.27. The number of halogens is 3. The van der Waals surface area contributed by atoms with Crippen LogP contribution in [-0.4, -0.2) is 23.5 Å². The molecule has 1 aliphatic rings. The van der Waals surface area contributed by atoms with Crippen molar-refractivity contribution in [3.8, 4) is 0 Å². The van der Waals surface area contributed by atoms with Gasteiger partial charge in [-0.2, -0.15) is 13.2 Å². The van der Waals surface area contributed by atoms with E-state index in [4.69, 9.17) is 5.73 Å². The van der Waals surface area contributed by atoms with Gasteiger partial charge in [0.2, 0.25) is 0 Å². The first-order valence-corrected chi connectivity index (χ1v) is 5.53. The highest BCUT2D eigenvalue weighted by molar-refractivity contribution is 5.82. The number of rotatable bonds is 0. The smallest absolute Gasteiger partial charge is 0.399 e. The van der Waals surface area contributed by atoms with Gasteiger partial charge in [0, 0.05) is 18.8 Å². The second-order valence-corrected chi connectivity index (χ2v) is 4.54. The van der Waals surface area contributed by atoms with Crippen molar-refractivity contribution >= 4 is 11.6 Å². The number of nitrogen functional groups attached to an aromatic ring is 1. The molecule has 18 heavy (non-hydrogen) atoms. The minimum atomic E-state index is -4.82. The molecule has 3 nitrogen and oxygen atoms in total.